The SMILES string of the molecule is Cl.N#Cc1ccc(Cn2cncc2CN[C@@H]2CCN(Cc3cccc(Cl)c3)C2=O)cc1. The van der Waals surface area contributed by atoms with Gasteiger partial charge in [-0.2, -0.15) is 5.26 Å². The van der Waals surface area contributed by atoms with Gasteiger partial charge in [0.2, 0.25) is 5.91 Å². The number of carbonyl (C=O) groups excluding carboxylic acids is 1. The van der Waals surface area contributed by atoms with Crippen molar-refractivity contribution in [2.24, 2.45) is 0 Å². The van der Waals surface area contributed by atoms with Crippen LogP contribution in [0.2, 0.25) is 5.02 Å². The maximum Gasteiger partial charge on any atom is 0.240 e. The molecule has 0 saturated carbocycles. The number of benzene rings is 2. The van der Waals surface area contributed by atoms with Gasteiger partial charge in [-0.1, -0.05) is 35.9 Å². The van der Waals surface area contributed by atoms with Crippen LogP contribution in [0.5, 0.6) is 0 Å². The highest BCUT2D eigenvalue weighted by Crippen LogP contribution is 2.18. The molecule has 0 bridgehead atoms. The molecule has 8 heteroatoms. The third-order valence-electron chi connectivity index (χ3n) is 5.32. The van der Waals surface area contributed by atoms with Crippen molar-refractivity contribution in [3.8, 4) is 6.07 Å². The minimum absolute atomic E-state index is 0. The average molecular weight is 456 g/mol. The van der Waals surface area contributed by atoms with Gasteiger partial charge in [0.15, 0.2) is 0 Å². The fourth-order valence-electron chi connectivity index (χ4n) is 3.69. The van der Waals surface area contributed by atoms with Gasteiger partial charge in [0.25, 0.3) is 0 Å². The Bertz CT molecular complexity index is 1070. The maximum atomic E-state index is 12.8. The Morgan fingerprint density at radius 3 is 2.71 bits per heavy atom. The van der Waals surface area contributed by atoms with E-state index >= 15 is 0 Å². The molecule has 1 saturated heterocycles. The Morgan fingerprint density at radius 2 is 1.97 bits per heavy atom. The van der Waals surface area contributed by atoms with Crippen molar-refractivity contribution >= 4 is 29.9 Å². The van der Waals surface area contributed by atoms with E-state index < -0.39 is 0 Å². The Balaban J connectivity index is 0.00000272. The van der Waals surface area contributed by atoms with Crippen LogP contribution < -0.4 is 5.32 Å². The second-order valence-electron chi connectivity index (χ2n) is 7.43. The summed E-state index contributed by atoms with van der Waals surface area (Å²) in [5.74, 6) is 0.119. The van der Waals surface area contributed by atoms with Gasteiger partial charge in [0.05, 0.1) is 29.7 Å². The van der Waals surface area contributed by atoms with E-state index in [9.17, 15) is 4.79 Å². The molecule has 0 aliphatic carbocycles. The molecule has 1 aromatic heterocycles. The van der Waals surface area contributed by atoms with Crippen LogP contribution in [0, 0.1) is 11.3 Å². The van der Waals surface area contributed by atoms with E-state index in [-0.39, 0.29) is 24.4 Å². The Kier molecular flexibility index (Phi) is 7.69. The van der Waals surface area contributed by atoms with Gasteiger partial charge in [-0.05, 0) is 41.8 Å². The third-order valence-corrected chi connectivity index (χ3v) is 5.56. The molecule has 1 aliphatic heterocycles. The number of halogens is 2. The number of likely N-dealkylation sites (tertiary alicyclic amines) is 1. The molecule has 1 amide bonds. The van der Waals surface area contributed by atoms with Crippen LogP contribution in [0.1, 0.15) is 28.8 Å². The van der Waals surface area contributed by atoms with Crippen molar-refractivity contribution in [1.29, 1.82) is 5.26 Å². The lowest BCUT2D eigenvalue weighted by Gasteiger charge is -2.18. The van der Waals surface area contributed by atoms with Crippen molar-refractivity contribution in [2.45, 2.75) is 32.1 Å². The van der Waals surface area contributed by atoms with Crippen molar-refractivity contribution in [2.75, 3.05) is 6.54 Å². The fourth-order valence-corrected chi connectivity index (χ4v) is 3.90. The second-order valence-corrected chi connectivity index (χ2v) is 7.87. The van der Waals surface area contributed by atoms with E-state index in [0.717, 1.165) is 29.8 Å². The predicted octanol–water partition coefficient (Wildman–Crippen LogP) is 3.77. The van der Waals surface area contributed by atoms with Crippen LogP contribution in [0.25, 0.3) is 0 Å². The first-order valence-electron chi connectivity index (χ1n) is 9.87. The maximum absolute atomic E-state index is 12.8. The minimum atomic E-state index is -0.192. The zero-order valence-corrected chi connectivity index (χ0v) is 18.4. The van der Waals surface area contributed by atoms with E-state index in [0.29, 0.717) is 30.2 Å². The van der Waals surface area contributed by atoms with Crippen molar-refractivity contribution in [1.82, 2.24) is 19.8 Å². The Labute approximate surface area is 192 Å². The first-order valence-corrected chi connectivity index (χ1v) is 10.2. The van der Waals surface area contributed by atoms with Crippen LogP contribution in [-0.4, -0.2) is 32.9 Å². The highest BCUT2D eigenvalue weighted by atomic mass is 35.5. The molecular weight excluding hydrogens is 433 g/mol. The highest BCUT2D eigenvalue weighted by molar-refractivity contribution is 6.30. The summed E-state index contributed by atoms with van der Waals surface area (Å²) in [7, 11) is 0. The van der Waals surface area contributed by atoms with Gasteiger partial charge in [0.1, 0.15) is 0 Å². The number of hydrogen-bond donors (Lipinski definition) is 1. The van der Waals surface area contributed by atoms with Gasteiger partial charge in [-0.3, -0.25) is 4.79 Å². The van der Waals surface area contributed by atoms with E-state index in [1.165, 1.54) is 0 Å². The van der Waals surface area contributed by atoms with E-state index in [1.54, 1.807) is 6.33 Å². The largest absolute Gasteiger partial charge is 0.337 e. The standard InChI is InChI=1S/C23H22ClN5O.ClH/c24-20-3-1-2-19(10-20)15-28-9-8-22(23(28)30)27-13-21-12-26-16-29(21)14-18-6-4-17(11-25)5-7-18;/h1-7,10,12,16,22,27H,8-9,13-15H2;1H/t22-;/m1./s1. The summed E-state index contributed by atoms with van der Waals surface area (Å²) in [6.45, 7) is 2.54. The summed E-state index contributed by atoms with van der Waals surface area (Å²) in [5.41, 5.74) is 3.80. The summed E-state index contributed by atoms with van der Waals surface area (Å²) < 4.78 is 2.05. The van der Waals surface area contributed by atoms with E-state index in [4.69, 9.17) is 16.9 Å². The molecule has 160 valence electrons. The molecule has 2 heterocycles. The lowest BCUT2D eigenvalue weighted by atomic mass is 10.1. The number of nitrogens with one attached hydrogen (secondary N) is 1. The van der Waals surface area contributed by atoms with E-state index in [1.807, 2.05) is 59.6 Å². The lowest BCUT2D eigenvalue weighted by Crippen LogP contribution is -2.38. The number of aromatic nitrogens is 2. The van der Waals surface area contributed by atoms with Crippen molar-refractivity contribution < 1.29 is 4.79 Å². The number of carbonyl (C=O) groups is 1. The van der Waals surface area contributed by atoms with Crippen LogP contribution in [-0.2, 0) is 24.4 Å². The molecule has 1 N–H and O–H groups in total. The zero-order chi connectivity index (χ0) is 20.9. The molecule has 1 aliphatic rings. The van der Waals surface area contributed by atoms with Gasteiger partial charge in [-0.15, -0.1) is 12.4 Å². The van der Waals surface area contributed by atoms with Crippen LogP contribution in [0.15, 0.2) is 61.1 Å². The molecule has 6 nitrogen and oxygen atoms in total. The van der Waals surface area contributed by atoms with Gasteiger partial charge >= 0.3 is 0 Å². The van der Waals surface area contributed by atoms with Crippen LogP contribution in [0.3, 0.4) is 0 Å². The number of imidazole rings is 1. The molecule has 1 atom stereocenters. The normalized spacial score (nSPS) is 15.5. The summed E-state index contributed by atoms with van der Waals surface area (Å²) >= 11 is 6.05. The first-order chi connectivity index (χ1) is 14.6. The summed E-state index contributed by atoms with van der Waals surface area (Å²) in [5, 5.41) is 13.0. The van der Waals surface area contributed by atoms with Gasteiger partial charge in [-0.25, -0.2) is 4.98 Å². The quantitative estimate of drug-likeness (QED) is 0.588. The number of nitrogens with zero attached hydrogens (tertiary/aromatic N) is 4. The molecular formula is C23H23Cl2N5O. The second kappa shape index (κ2) is 10.5. The van der Waals surface area contributed by atoms with Crippen LogP contribution in [0.4, 0.5) is 0 Å². The molecule has 2 aromatic carbocycles. The predicted molar refractivity (Wildman–Crippen MR) is 122 cm³/mol. The Morgan fingerprint density at radius 1 is 1.16 bits per heavy atom. The zero-order valence-electron chi connectivity index (χ0n) is 16.9. The molecule has 31 heavy (non-hydrogen) atoms. The number of amides is 1. The highest BCUT2D eigenvalue weighted by Gasteiger charge is 2.31. The minimum Gasteiger partial charge on any atom is -0.337 e. The van der Waals surface area contributed by atoms with Crippen molar-refractivity contribution in [3.63, 3.8) is 0 Å². The van der Waals surface area contributed by atoms with Gasteiger partial charge in [0, 0.05) is 37.4 Å². The average Bonchev–Trinajstić information content (AvgIpc) is 3.33. The molecule has 1 fully saturated rings. The summed E-state index contributed by atoms with van der Waals surface area (Å²) in [6, 6.07) is 17.1. The number of nitriles is 1. The fraction of sp³-hybridized carbons (Fsp3) is 0.261. The van der Waals surface area contributed by atoms with Crippen LogP contribution >= 0.6 is 24.0 Å². The topological polar surface area (TPSA) is 74.0 Å². The van der Waals surface area contributed by atoms with Gasteiger partial charge < -0.3 is 14.8 Å². The third kappa shape index (κ3) is 5.65. The molecule has 0 unspecified atom stereocenters. The molecule has 3 aromatic rings. The summed E-state index contributed by atoms with van der Waals surface area (Å²) in [6.07, 6.45) is 4.39. The summed E-state index contributed by atoms with van der Waals surface area (Å²) in [4.78, 5) is 18.9. The monoisotopic (exact) mass is 455 g/mol. The first kappa shape index (κ1) is 22.8. The van der Waals surface area contributed by atoms with Crippen molar-refractivity contribution in [3.05, 3.63) is 88.5 Å². The number of hydrogen-bond acceptors (Lipinski definition) is 4. The molecule has 4 rings (SSSR count). The van der Waals surface area contributed by atoms with E-state index in [2.05, 4.69) is 20.9 Å². The smallest absolute Gasteiger partial charge is 0.240 e. The number of rotatable bonds is 7. The lowest BCUT2D eigenvalue weighted by molar-refractivity contribution is -0.129. The Hall–Kier alpha value is -2.85. The molecule has 0 radical (unpaired) electrons. The molecule has 0 spiro atoms.